The van der Waals surface area contributed by atoms with E-state index in [1.807, 2.05) is 18.2 Å². The third kappa shape index (κ3) is 4.79. The predicted octanol–water partition coefficient (Wildman–Crippen LogP) is 4.12. The summed E-state index contributed by atoms with van der Waals surface area (Å²) in [7, 11) is -2.06. The maximum Gasteiger partial charge on any atom is 0.313 e. The van der Waals surface area contributed by atoms with Crippen LogP contribution in [0.4, 0.5) is 5.69 Å². The molecule has 1 unspecified atom stereocenters. The number of aliphatic imine (C=N–C) groups is 1. The Hall–Kier alpha value is -1.95. The average Bonchev–Trinajstić information content (AvgIpc) is 3.50. The molecule has 0 bridgehead atoms. The Morgan fingerprint density at radius 1 is 1.35 bits per heavy atom. The summed E-state index contributed by atoms with van der Waals surface area (Å²) in [5, 5.41) is 12.6. The molecule has 1 aliphatic heterocycles. The third-order valence-electron chi connectivity index (χ3n) is 4.84. The number of carbonyl (C=O) groups is 1. The van der Waals surface area contributed by atoms with Crippen LogP contribution in [0.5, 0.6) is 0 Å². The molecule has 164 valence electrons. The summed E-state index contributed by atoms with van der Waals surface area (Å²) < 4.78 is 27.6. The van der Waals surface area contributed by atoms with Crippen LogP contribution >= 0.6 is 34.9 Å². The summed E-state index contributed by atoms with van der Waals surface area (Å²) in [6.07, 6.45) is 0.892. The third-order valence-corrected chi connectivity index (χ3v) is 10.3. The minimum absolute atomic E-state index is 0.123. The highest BCUT2D eigenvalue weighted by atomic mass is 32.2. The summed E-state index contributed by atoms with van der Waals surface area (Å²) in [6, 6.07) is 10.9. The van der Waals surface area contributed by atoms with Crippen molar-refractivity contribution >= 4 is 72.5 Å². The Morgan fingerprint density at radius 2 is 2.19 bits per heavy atom. The molecule has 11 heteroatoms. The van der Waals surface area contributed by atoms with Crippen molar-refractivity contribution in [1.29, 1.82) is 0 Å². The van der Waals surface area contributed by atoms with Gasteiger partial charge in [0, 0.05) is 17.7 Å². The monoisotopic (exact) mass is 495 g/mol. The van der Waals surface area contributed by atoms with Crippen molar-refractivity contribution in [3.63, 3.8) is 0 Å². The molecule has 1 aromatic carbocycles. The maximum absolute atomic E-state index is 13.0. The van der Waals surface area contributed by atoms with Gasteiger partial charge >= 0.3 is 5.97 Å². The van der Waals surface area contributed by atoms with E-state index in [1.54, 1.807) is 42.4 Å². The Morgan fingerprint density at radius 3 is 2.94 bits per heavy atom. The quantitative estimate of drug-likeness (QED) is 0.433. The van der Waals surface area contributed by atoms with Crippen LogP contribution in [-0.2, 0) is 14.8 Å². The molecule has 7 nitrogen and oxygen atoms in total. The number of aromatic amines is 1. The first-order valence-electron chi connectivity index (χ1n) is 9.51. The molecule has 0 fully saturated rings. The van der Waals surface area contributed by atoms with Gasteiger partial charge in [0.15, 0.2) is 0 Å². The van der Waals surface area contributed by atoms with Crippen molar-refractivity contribution in [1.82, 2.24) is 4.98 Å². The van der Waals surface area contributed by atoms with E-state index in [9.17, 15) is 13.2 Å². The van der Waals surface area contributed by atoms with E-state index >= 15 is 0 Å². The lowest BCUT2D eigenvalue weighted by atomic mass is 10.2. The van der Waals surface area contributed by atoms with Crippen molar-refractivity contribution < 1.29 is 18.3 Å². The standard InChI is InChI=1S/C20H21N3O4S4/c1-23(31(26,27)18-6-3-8-29-18)16-5-2-4-13-10-15(22-19(13)16)20-21-11-14(30-20)7-9-28-12-17(24)25/h2-6,8,10,14,22H,7,9,11-12H2,1H3,(H,24,25). The number of benzene rings is 1. The number of carboxylic acid groups (broad SMARTS) is 1. The summed E-state index contributed by atoms with van der Waals surface area (Å²) in [6.45, 7) is 0.697. The van der Waals surface area contributed by atoms with Crippen LogP contribution in [0.25, 0.3) is 10.9 Å². The normalized spacial score (nSPS) is 16.5. The van der Waals surface area contributed by atoms with Gasteiger partial charge in [-0.3, -0.25) is 14.1 Å². The molecular formula is C20H21N3O4S4. The van der Waals surface area contributed by atoms with Crippen molar-refractivity contribution in [3.05, 3.63) is 47.5 Å². The van der Waals surface area contributed by atoms with E-state index < -0.39 is 16.0 Å². The second kappa shape index (κ2) is 9.27. The number of H-pyrrole nitrogens is 1. The number of aliphatic carboxylic acids is 1. The summed E-state index contributed by atoms with van der Waals surface area (Å²) in [4.78, 5) is 18.7. The van der Waals surface area contributed by atoms with Crippen LogP contribution in [0.2, 0.25) is 0 Å². The van der Waals surface area contributed by atoms with Gasteiger partial charge in [-0.25, -0.2) is 8.42 Å². The molecule has 4 rings (SSSR count). The maximum atomic E-state index is 13.0. The van der Waals surface area contributed by atoms with E-state index in [4.69, 9.17) is 5.11 Å². The molecule has 2 aromatic heterocycles. The van der Waals surface area contributed by atoms with Gasteiger partial charge in [-0.15, -0.1) is 11.3 Å². The molecule has 31 heavy (non-hydrogen) atoms. The number of fused-ring (bicyclic) bond motifs is 1. The van der Waals surface area contributed by atoms with E-state index in [0.29, 0.717) is 21.7 Å². The number of thiophene rings is 1. The van der Waals surface area contributed by atoms with Crippen molar-refractivity contribution in [2.24, 2.45) is 4.99 Å². The number of rotatable bonds is 9. The van der Waals surface area contributed by atoms with Crippen LogP contribution < -0.4 is 4.31 Å². The highest BCUT2D eigenvalue weighted by Gasteiger charge is 2.26. The number of nitrogens with one attached hydrogen (secondary N) is 1. The first kappa shape index (κ1) is 22.3. The zero-order valence-electron chi connectivity index (χ0n) is 16.6. The van der Waals surface area contributed by atoms with Crippen LogP contribution in [0.3, 0.4) is 0 Å². The van der Waals surface area contributed by atoms with E-state index in [1.165, 1.54) is 27.4 Å². The second-order valence-electron chi connectivity index (χ2n) is 6.95. The molecule has 0 spiro atoms. The van der Waals surface area contributed by atoms with E-state index in [0.717, 1.165) is 33.8 Å². The summed E-state index contributed by atoms with van der Waals surface area (Å²) in [5.74, 6) is 0.119. The van der Waals surface area contributed by atoms with Gasteiger partial charge in [0.25, 0.3) is 10.0 Å². The van der Waals surface area contributed by atoms with E-state index in [2.05, 4.69) is 9.98 Å². The van der Waals surface area contributed by atoms with Gasteiger partial charge in [0.2, 0.25) is 0 Å². The van der Waals surface area contributed by atoms with Crippen LogP contribution in [-0.4, -0.2) is 59.9 Å². The van der Waals surface area contributed by atoms with Crippen LogP contribution in [0, 0.1) is 0 Å². The lowest BCUT2D eigenvalue weighted by Gasteiger charge is -2.19. The summed E-state index contributed by atoms with van der Waals surface area (Å²) >= 11 is 4.30. The van der Waals surface area contributed by atoms with Gasteiger partial charge in [0.05, 0.1) is 29.2 Å². The first-order valence-corrected chi connectivity index (χ1v) is 13.9. The van der Waals surface area contributed by atoms with Gasteiger partial charge in [-0.2, -0.15) is 11.8 Å². The molecule has 2 N–H and O–H groups in total. The predicted molar refractivity (Wildman–Crippen MR) is 131 cm³/mol. The molecule has 1 aliphatic rings. The molecule has 3 aromatic rings. The van der Waals surface area contributed by atoms with Crippen molar-refractivity contribution in [2.45, 2.75) is 15.9 Å². The molecular weight excluding hydrogens is 475 g/mol. The van der Waals surface area contributed by atoms with Crippen molar-refractivity contribution in [3.8, 4) is 0 Å². The molecule has 0 aliphatic carbocycles. The molecule has 0 saturated heterocycles. The molecule has 0 radical (unpaired) electrons. The largest absolute Gasteiger partial charge is 0.481 e. The van der Waals surface area contributed by atoms with Crippen LogP contribution in [0.15, 0.2) is 51.0 Å². The van der Waals surface area contributed by atoms with Gasteiger partial charge < -0.3 is 10.1 Å². The lowest BCUT2D eigenvalue weighted by molar-refractivity contribution is -0.133. The average molecular weight is 496 g/mol. The van der Waals surface area contributed by atoms with Gasteiger partial charge in [-0.05, 0) is 35.8 Å². The van der Waals surface area contributed by atoms with Gasteiger partial charge in [-0.1, -0.05) is 30.0 Å². The fourth-order valence-electron chi connectivity index (χ4n) is 3.28. The number of hydrogen-bond donors (Lipinski definition) is 2. The van der Waals surface area contributed by atoms with Crippen molar-refractivity contribution in [2.75, 3.05) is 29.4 Å². The van der Waals surface area contributed by atoms with E-state index in [-0.39, 0.29) is 5.75 Å². The minimum atomic E-state index is -3.63. The number of sulfonamides is 1. The zero-order valence-corrected chi connectivity index (χ0v) is 19.9. The highest BCUT2D eigenvalue weighted by molar-refractivity contribution is 8.15. The number of hydrogen-bond acceptors (Lipinski definition) is 7. The summed E-state index contributed by atoms with van der Waals surface area (Å²) in [5.41, 5.74) is 2.21. The molecule has 0 amide bonds. The number of para-hydroxylation sites is 1. The fourth-order valence-corrected chi connectivity index (χ4v) is 7.66. The zero-order chi connectivity index (χ0) is 22.0. The SMILES string of the molecule is CN(c1cccc2cc(C3=NCC(CCSCC(=O)O)S3)[nH]c12)S(=O)(=O)c1cccs1. The number of carboxylic acids is 1. The molecule has 3 heterocycles. The number of anilines is 1. The minimum Gasteiger partial charge on any atom is -0.481 e. The number of thioether (sulfide) groups is 2. The van der Waals surface area contributed by atoms with Gasteiger partial charge in [0.1, 0.15) is 9.25 Å². The molecule has 1 atom stereocenters. The van der Waals surface area contributed by atoms with Crippen LogP contribution in [0.1, 0.15) is 12.1 Å². The Kier molecular flexibility index (Phi) is 6.65. The Balaban J connectivity index is 1.52. The fraction of sp³-hybridized carbons (Fsp3) is 0.300. The topological polar surface area (TPSA) is 103 Å². The highest BCUT2D eigenvalue weighted by Crippen LogP contribution is 2.34. The second-order valence-corrected chi connectivity index (χ2v) is 12.5. The first-order chi connectivity index (χ1) is 14.9. The smallest absolute Gasteiger partial charge is 0.313 e. The lowest BCUT2D eigenvalue weighted by Crippen LogP contribution is -2.26. The molecule has 0 saturated carbocycles. The Bertz CT molecular complexity index is 1220. The number of aromatic nitrogens is 1. The Labute approximate surface area is 193 Å². The number of nitrogens with zero attached hydrogens (tertiary/aromatic N) is 2.